The summed E-state index contributed by atoms with van der Waals surface area (Å²) in [4.78, 5) is 22.4. The van der Waals surface area contributed by atoms with E-state index in [0.717, 1.165) is 22.3 Å². The van der Waals surface area contributed by atoms with Crippen LogP contribution in [0, 0.1) is 13.8 Å². The Kier molecular flexibility index (Phi) is 4.26. The summed E-state index contributed by atoms with van der Waals surface area (Å²) in [7, 11) is 0. The van der Waals surface area contributed by atoms with Crippen LogP contribution < -0.4 is 0 Å². The topological polar surface area (TPSA) is 34.1 Å². The third kappa shape index (κ3) is 2.92. The largest absolute Gasteiger partial charge is 0.276 e. The van der Waals surface area contributed by atoms with Gasteiger partial charge in [-0.15, -0.1) is 0 Å². The molecule has 2 aromatic rings. The van der Waals surface area contributed by atoms with E-state index in [4.69, 9.17) is 23.2 Å². The minimum absolute atomic E-state index is 0.465. The van der Waals surface area contributed by atoms with E-state index in [-0.39, 0.29) is 0 Å². The fourth-order valence-electron chi connectivity index (χ4n) is 2.13. The molecular formula is C16H12Cl2O2. The summed E-state index contributed by atoms with van der Waals surface area (Å²) in [5.74, 6) is 0. The van der Waals surface area contributed by atoms with Crippen molar-refractivity contribution in [2.75, 3.05) is 0 Å². The standard InChI is InChI=1S/C16H12Cl2O2/c1-9-7-11(3-5-13(9)15(17)19)12-4-6-14(16(18)20)10(2)8-12/h3-8H,1-2H3. The van der Waals surface area contributed by atoms with E-state index in [2.05, 4.69) is 0 Å². The number of halogens is 2. The molecule has 0 atom stereocenters. The quantitative estimate of drug-likeness (QED) is 0.768. The summed E-state index contributed by atoms with van der Waals surface area (Å²) in [5.41, 5.74) is 4.55. The maximum Gasteiger partial charge on any atom is 0.252 e. The molecule has 2 rings (SSSR count). The Labute approximate surface area is 127 Å². The first-order chi connectivity index (χ1) is 9.40. The maximum absolute atomic E-state index is 11.2. The SMILES string of the molecule is Cc1cc(-c2ccc(C(=O)Cl)c(C)c2)ccc1C(=O)Cl. The minimum Gasteiger partial charge on any atom is -0.276 e. The highest BCUT2D eigenvalue weighted by Crippen LogP contribution is 2.25. The minimum atomic E-state index is -0.465. The van der Waals surface area contributed by atoms with Gasteiger partial charge in [-0.1, -0.05) is 24.3 Å². The third-order valence-electron chi connectivity index (χ3n) is 3.21. The van der Waals surface area contributed by atoms with Crippen molar-refractivity contribution < 1.29 is 9.59 Å². The van der Waals surface area contributed by atoms with Gasteiger partial charge in [0.05, 0.1) is 0 Å². The van der Waals surface area contributed by atoms with E-state index in [9.17, 15) is 9.59 Å². The van der Waals surface area contributed by atoms with Crippen molar-refractivity contribution in [1.82, 2.24) is 0 Å². The molecule has 0 aliphatic heterocycles. The highest BCUT2D eigenvalue weighted by atomic mass is 35.5. The lowest BCUT2D eigenvalue weighted by molar-refractivity contribution is 0.107. The first-order valence-corrected chi connectivity index (χ1v) is 6.77. The van der Waals surface area contributed by atoms with Gasteiger partial charge in [0.15, 0.2) is 0 Å². The highest BCUT2D eigenvalue weighted by Gasteiger charge is 2.10. The number of rotatable bonds is 3. The normalized spacial score (nSPS) is 10.4. The van der Waals surface area contributed by atoms with Crippen LogP contribution in [-0.4, -0.2) is 10.5 Å². The van der Waals surface area contributed by atoms with Crippen LogP contribution in [0.2, 0.25) is 0 Å². The van der Waals surface area contributed by atoms with Gasteiger partial charge in [0.1, 0.15) is 0 Å². The van der Waals surface area contributed by atoms with Crippen LogP contribution in [0.1, 0.15) is 31.8 Å². The van der Waals surface area contributed by atoms with Crippen molar-refractivity contribution >= 4 is 33.7 Å². The number of carbonyl (C=O) groups is 2. The Hall–Kier alpha value is -1.64. The lowest BCUT2D eigenvalue weighted by Crippen LogP contribution is -1.95. The van der Waals surface area contributed by atoms with Gasteiger partial charge >= 0.3 is 0 Å². The molecule has 2 nitrogen and oxygen atoms in total. The Morgan fingerprint density at radius 1 is 0.750 bits per heavy atom. The summed E-state index contributed by atoms with van der Waals surface area (Å²) >= 11 is 11.0. The zero-order valence-corrected chi connectivity index (χ0v) is 12.5. The molecule has 0 aliphatic carbocycles. The van der Waals surface area contributed by atoms with Gasteiger partial charge in [-0.2, -0.15) is 0 Å². The highest BCUT2D eigenvalue weighted by molar-refractivity contribution is 6.68. The fraction of sp³-hybridized carbons (Fsp3) is 0.125. The molecule has 0 aromatic heterocycles. The summed E-state index contributed by atoms with van der Waals surface area (Å²) < 4.78 is 0. The molecule has 0 fully saturated rings. The number of benzene rings is 2. The molecule has 0 radical (unpaired) electrons. The van der Waals surface area contributed by atoms with Gasteiger partial charge in [-0.25, -0.2) is 0 Å². The summed E-state index contributed by atoms with van der Waals surface area (Å²) in [6, 6.07) is 10.9. The maximum atomic E-state index is 11.2. The van der Waals surface area contributed by atoms with E-state index in [1.165, 1.54) is 0 Å². The zero-order chi connectivity index (χ0) is 14.9. The van der Waals surface area contributed by atoms with E-state index >= 15 is 0 Å². The van der Waals surface area contributed by atoms with Gasteiger partial charge in [0, 0.05) is 11.1 Å². The fourth-order valence-corrected chi connectivity index (χ4v) is 2.55. The lowest BCUT2D eigenvalue weighted by Gasteiger charge is -2.08. The average Bonchev–Trinajstić information content (AvgIpc) is 2.37. The van der Waals surface area contributed by atoms with Crippen LogP contribution in [0.25, 0.3) is 11.1 Å². The van der Waals surface area contributed by atoms with Gasteiger partial charge in [-0.3, -0.25) is 9.59 Å². The van der Waals surface area contributed by atoms with Crippen LogP contribution in [0.5, 0.6) is 0 Å². The zero-order valence-electron chi connectivity index (χ0n) is 11.0. The molecule has 0 saturated carbocycles. The smallest absolute Gasteiger partial charge is 0.252 e. The monoisotopic (exact) mass is 306 g/mol. The van der Waals surface area contributed by atoms with Crippen molar-refractivity contribution in [3.05, 3.63) is 58.7 Å². The molecule has 0 amide bonds. The predicted octanol–water partition coefficient (Wildman–Crippen LogP) is 4.73. The first-order valence-electron chi connectivity index (χ1n) is 6.01. The second-order valence-electron chi connectivity index (χ2n) is 4.61. The summed E-state index contributed by atoms with van der Waals surface area (Å²) in [6.45, 7) is 3.67. The number of carbonyl (C=O) groups excluding carboxylic acids is 2. The molecule has 0 N–H and O–H groups in total. The predicted molar refractivity (Wildman–Crippen MR) is 81.7 cm³/mol. The molecule has 20 heavy (non-hydrogen) atoms. The lowest BCUT2D eigenvalue weighted by atomic mass is 9.97. The van der Waals surface area contributed by atoms with Crippen LogP contribution >= 0.6 is 23.2 Å². The van der Waals surface area contributed by atoms with E-state index in [1.54, 1.807) is 12.1 Å². The Morgan fingerprint density at radius 2 is 1.10 bits per heavy atom. The van der Waals surface area contributed by atoms with Crippen molar-refractivity contribution in [1.29, 1.82) is 0 Å². The van der Waals surface area contributed by atoms with Crippen LogP contribution in [0.4, 0.5) is 0 Å². The van der Waals surface area contributed by atoms with E-state index in [1.807, 2.05) is 38.1 Å². The molecule has 0 saturated heterocycles. The van der Waals surface area contributed by atoms with Crippen molar-refractivity contribution in [3.8, 4) is 11.1 Å². The Balaban J connectivity index is 2.47. The van der Waals surface area contributed by atoms with Gasteiger partial charge in [0.2, 0.25) is 0 Å². The number of hydrogen-bond acceptors (Lipinski definition) is 2. The summed E-state index contributed by atoms with van der Waals surface area (Å²) in [5, 5.41) is -0.929. The molecule has 0 unspecified atom stereocenters. The summed E-state index contributed by atoms with van der Waals surface area (Å²) in [6.07, 6.45) is 0. The van der Waals surface area contributed by atoms with Crippen LogP contribution in [0.15, 0.2) is 36.4 Å². The van der Waals surface area contributed by atoms with Crippen molar-refractivity contribution in [3.63, 3.8) is 0 Å². The number of hydrogen-bond donors (Lipinski definition) is 0. The van der Waals surface area contributed by atoms with E-state index < -0.39 is 10.5 Å². The average molecular weight is 307 g/mol. The molecule has 0 heterocycles. The van der Waals surface area contributed by atoms with Crippen molar-refractivity contribution in [2.24, 2.45) is 0 Å². The van der Waals surface area contributed by atoms with Crippen molar-refractivity contribution in [2.45, 2.75) is 13.8 Å². The molecule has 102 valence electrons. The van der Waals surface area contributed by atoms with Gasteiger partial charge in [0.25, 0.3) is 10.5 Å². The third-order valence-corrected chi connectivity index (χ3v) is 3.62. The molecule has 0 spiro atoms. The molecule has 0 aliphatic rings. The van der Waals surface area contributed by atoms with Crippen LogP contribution in [-0.2, 0) is 0 Å². The van der Waals surface area contributed by atoms with E-state index in [0.29, 0.717) is 11.1 Å². The Morgan fingerprint density at radius 3 is 1.35 bits per heavy atom. The molecule has 2 aromatic carbocycles. The second kappa shape index (κ2) is 5.78. The van der Waals surface area contributed by atoms with Gasteiger partial charge in [-0.05, 0) is 71.4 Å². The number of aryl methyl sites for hydroxylation is 2. The second-order valence-corrected chi connectivity index (χ2v) is 5.29. The first kappa shape index (κ1) is 14.8. The molecule has 4 heteroatoms. The Bertz CT molecular complexity index is 644. The molecule has 0 bridgehead atoms. The molecular weight excluding hydrogens is 295 g/mol. The van der Waals surface area contributed by atoms with Crippen LogP contribution in [0.3, 0.4) is 0 Å². The van der Waals surface area contributed by atoms with Gasteiger partial charge < -0.3 is 0 Å².